The number of anilines is 1. The molecule has 8 heteroatoms. The Morgan fingerprint density at radius 3 is 2.62 bits per heavy atom. The molecular weight excluding hydrogens is 436 g/mol. The highest BCUT2D eigenvalue weighted by molar-refractivity contribution is 5.92. The average molecular weight is 465 g/mol. The monoisotopic (exact) mass is 464 g/mol. The number of carbonyl (C=O) groups is 1. The van der Waals surface area contributed by atoms with Gasteiger partial charge in [0.1, 0.15) is 24.9 Å². The first-order valence-electron chi connectivity index (χ1n) is 11.3. The molecule has 0 unspecified atom stereocenters. The number of nitrogens with one attached hydrogen (secondary N) is 1. The Hall–Kier alpha value is -3.04. The van der Waals surface area contributed by atoms with Crippen molar-refractivity contribution in [2.45, 2.75) is 56.9 Å². The molecule has 5 atom stereocenters. The normalized spacial score (nSPS) is 26.2. The molecule has 0 bridgehead atoms. The van der Waals surface area contributed by atoms with E-state index in [9.17, 15) is 4.79 Å². The van der Waals surface area contributed by atoms with Crippen LogP contribution in [0.3, 0.4) is 0 Å². The van der Waals surface area contributed by atoms with Gasteiger partial charge < -0.3 is 29.0 Å². The summed E-state index contributed by atoms with van der Waals surface area (Å²) in [5.74, 6) is -1.29. The molecule has 2 fully saturated rings. The second kappa shape index (κ2) is 9.31. The SMILES string of the molecule is CO[C@@H]1O[C@H]([C@H](Nc2cccc3cccnc23)C(=O)OCc2ccccc2)[C@H]2OC(C)(C)O[C@@H]12. The quantitative estimate of drug-likeness (QED) is 0.530. The lowest BCUT2D eigenvalue weighted by atomic mass is 10.0. The summed E-state index contributed by atoms with van der Waals surface area (Å²) in [6, 6.07) is 18.2. The molecule has 2 aromatic carbocycles. The summed E-state index contributed by atoms with van der Waals surface area (Å²) in [7, 11) is 1.55. The predicted molar refractivity (Wildman–Crippen MR) is 125 cm³/mol. The standard InChI is InChI=1S/C26H28N2O6/c1-26(2)33-22-21(32-25(30-3)23(22)34-26)20(24(29)31-15-16-9-5-4-6-10-16)28-18-13-7-11-17-12-8-14-27-19(17)18/h4-14,20-23,25,28H,15H2,1-3H3/t20-,21+,22+,23+,25+/m0/s1. The fourth-order valence-corrected chi connectivity index (χ4v) is 4.53. The molecule has 3 heterocycles. The maximum absolute atomic E-state index is 13.5. The number of pyridine rings is 1. The predicted octanol–water partition coefficient (Wildman–Crippen LogP) is 3.65. The van der Waals surface area contributed by atoms with Crippen molar-refractivity contribution in [3.63, 3.8) is 0 Å². The molecule has 0 amide bonds. The zero-order chi connectivity index (χ0) is 23.7. The third kappa shape index (κ3) is 4.50. The summed E-state index contributed by atoms with van der Waals surface area (Å²) in [6.07, 6.45) is -0.658. The van der Waals surface area contributed by atoms with Gasteiger partial charge in [0, 0.05) is 18.7 Å². The van der Waals surface area contributed by atoms with Gasteiger partial charge in [-0.25, -0.2) is 4.79 Å². The van der Waals surface area contributed by atoms with E-state index >= 15 is 0 Å². The van der Waals surface area contributed by atoms with Crippen LogP contribution in [0, 0.1) is 0 Å². The number of methoxy groups -OCH3 is 1. The van der Waals surface area contributed by atoms with E-state index < -0.39 is 42.4 Å². The van der Waals surface area contributed by atoms with Crippen LogP contribution in [0.4, 0.5) is 5.69 Å². The highest BCUT2D eigenvalue weighted by Gasteiger charge is 2.59. The minimum absolute atomic E-state index is 0.142. The van der Waals surface area contributed by atoms with Crippen molar-refractivity contribution in [1.29, 1.82) is 0 Å². The number of benzene rings is 2. The lowest BCUT2D eigenvalue weighted by Gasteiger charge is -2.29. The molecule has 8 nitrogen and oxygen atoms in total. The van der Waals surface area contributed by atoms with Crippen LogP contribution in [-0.2, 0) is 35.1 Å². The zero-order valence-electron chi connectivity index (χ0n) is 19.3. The van der Waals surface area contributed by atoms with Gasteiger partial charge in [0.2, 0.25) is 0 Å². The lowest BCUT2D eigenvalue weighted by Crippen LogP contribution is -2.48. The number of fused-ring (bicyclic) bond motifs is 2. The number of hydrogen-bond donors (Lipinski definition) is 1. The Bertz CT molecular complexity index is 1150. The average Bonchev–Trinajstić information content (AvgIpc) is 3.34. The second-order valence-electron chi connectivity index (χ2n) is 8.87. The molecule has 0 spiro atoms. The van der Waals surface area contributed by atoms with Gasteiger partial charge in [-0.3, -0.25) is 4.98 Å². The smallest absolute Gasteiger partial charge is 0.331 e. The molecule has 2 aliphatic heterocycles. The maximum atomic E-state index is 13.5. The number of carbonyl (C=O) groups excluding carboxylic acids is 1. The first-order valence-corrected chi connectivity index (χ1v) is 11.3. The third-order valence-electron chi connectivity index (χ3n) is 6.03. The van der Waals surface area contributed by atoms with Crippen molar-refractivity contribution in [3.05, 3.63) is 72.4 Å². The molecular formula is C26H28N2O6. The van der Waals surface area contributed by atoms with E-state index in [1.54, 1.807) is 13.3 Å². The molecule has 2 saturated heterocycles. The molecule has 1 aromatic heterocycles. The Balaban J connectivity index is 1.46. The highest BCUT2D eigenvalue weighted by atomic mass is 16.8. The van der Waals surface area contributed by atoms with Crippen molar-refractivity contribution in [2.75, 3.05) is 12.4 Å². The van der Waals surface area contributed by atoms with E-state index in [2.05, 4.69) is 10.3 Å². The summed E-state index contributed by atoms with van der Waals surface area (Å²) in [6.45, 7) is 3.81. The summed E-state index contributed by atoms with van der Waals surface area (Å²) in [5.41, 5.74) is 2.33. The number of esters is 1. The minimum atomic E-state index is -0.888. The van der Waals surface area contributed by atoms with E-state index in [4.69, 9.17) is 23.7 Å². The van der Waals surface area contributed by atoms with Crippen molar-refractivity contribution in [3.8, 4) is 0 Å². The van der Waals surface area contributed by atoms with Crippen LogP contribution in [0.2, 0.25) is 0 Å². The van der Waals surface area contributed by atoms with E-state index in [-0.39, 0.29) is 6.61 Å². The Morgan fingerprint density at radius 2 is 1.82 bits per heavy atom. The van der Waals surface area contributed by atoms with Crippen LogP contribution in [0.1, 0.15) is 19.4 Å². The van der Waals surface area contributed by atoms with E-state index in [1.165, 1.54) is 0 Å². The van der Waals surface area contributed by atoms with Crippen molar-refractivity contribution in [1.82, 2.24) is 4.98 Å². The van der Waals surface area contributed by atoms with Gasteiger partial charge in [-0.15, -0.1) is 0 Å². The maximum Gasteiger partial charge on any atom is 0.331 e. The highest BCUT2D eigenvalue weighted by Crippen LogP contribution is 2.41. The van der Waals surface area contributed by atoms with Crippen molar-refractivity contribution < 1.29 is 28.5 Å². The number of ether oxygens (including phenoxy) is 5. The molecule has 1 N–H and O–H groups in total. The number of hydrogen-bond acceptors (Lipinski definition) is 8. The van der Waals surface area contributed by atoms with Gasteiger partial charge in [-0.1, -0.05) is 48.5 Å². The zero-order valence-corrected chi connectivity index (χ0v) is 19.3. The van der Waals surface area contributed by atoms with Gasteiger partial charge in [-0.2, -0.15) is 0 Å². The van der Waals surface area contributed by atoms with Crippen LogP contribution in [0.25, 0.3) is 10.9 Å². The number of nitrogens with zero attached hydrogens (tertiary/aromatic N) is 1. The molecule has 2 aliphatic rings. The fraction of sp³-hybridized carbons (Fsp3) is 0.385. The summed E-state index contributed by atoms with van der Waals surface area (Å²) >= 11 is 0. The molecule has 34 heavy (non-hydrogen) atoms. The molecule has 5 rings (SSSR count). The van der Waals surface area contributed by atoms with Crippen LogP contribution in [0.5, 0.6) is 0 Å². The van der Waals surface area contributed by atoms with E-state index in [1.807, 2.05) is 74.5 Å². The topological polar surface area (TPSA) is 88.1 Å². The van der Waals surface area contributed by atoms with Crippen molar-refractivity contribution in [2.24, 2.45) is 0 Å². The van der Waals surface area contributed by atoms with Crippen LogP contribution < -0.4 is 5.32 Å². The third-order valence-corrected chi connectivity index (χ3v) is 6.03. The molecule has 178 valence electrons. The number of aromatic nitrogens is 1. The largest absolute Gasteiger partial charge is 0.459 e. The van der Waals surface area contributed by atoms with Crippen LogP contribution in [-0.4, -0.2) is 54.5 Å². The molecule has 0 saturated carbocycles. The minimum Gasteiger partial charge on any atom is -0.459 e. The van der Waals surface area contributed by atoms with Gasteiger partial charge in [0.25, 0.3) is 0 Å². The van der Waals surface area contributed by atoms with Gasteiger partial charge in [-0.05, 0) is 31.5 Å². The first-order chi connectivity index (χ1) is 16.4. The Labute approximate surface area is 198 Å². The summed E-state index contributed by atoms with van der Waals surface area (Å²) < 4.78 is 29.5. The Kier molecular flexibility index (Phi) is 6.22. The van der Waals surface area contributed by atoms with E-state index in [0.29, 0.717) is 5.69 Å². The molecule has 3 aromatic rings. The molecule has 0 radical (unpaired) electrons. The lowest BCUT2D eigenvalue weighted by molar-refractivity contribution is -0.229. The Morgan fingerprint density at radius 1 is 1.06 bits per heavy atom. The summed E-state index contributed by atoms with van der Waals surface area (Å²) in [4.78, 5) is 18.0. The second-order valence-corrected chi connectivity index (χ2v) is 8.87. The van der Waals surface area contributed by atoms with Crippen LogP contribution >= 0.6 is 0 Å². The number of rotatable bonds is 7. The van der Waals surface area contributed by atoms with Crippen molar-refractivity contribution >= 4 is 22.6 Å². The number of para-hydroxylation sites is 1. The van der Waals surface area contributed by atoms with E-state index in [0.717, 1.165) is 16.5 Å². The molecule has 0 aliphatic carbocycles. The fourth-order valence-electron chi connectivity index (χ4n) is 4.53. The van der Waals surface area contributed by atoms with Gasteiger partial charge in [0.15, 0.2) is 18.1 Å². The first kappa shape index (κ1) is 22.7. The van der Waals surface area contributed by atoms with Crippen LogP contribution in [0.15, 0.2) is 66.9 Å². The summed E-state index contributed by atoms with van der Waals surface area (Å²) in [5, 5.41) is 4.28. The van der Waals surface area contributed by atoms with Gasteiger partial charge in [0.05, 0.1) is 11.2 Å². The van der Waals surface area contributed by atoms with Gasteiger partial charge >= 0.3 is 5.97 Å².